The Balaban J connectivity index is 1.78. The number of aliphatic hydroxyl groups is 5. The van der Waals surface area contributed by atoms with Gasteiger partial charge in [0.1, 0.15) is 29.7 Å². The molecule has 0 aliphatic carbocycles. The monoisotopic (exact) mass is 867 g/mol. The van der Waals surface area contributed by atoms with Crippen molar-refractivity contribution in [2.75, 3.05) is 27.7 Å². The average molecular weight is 867 g/mol. The molecule has 18 atom stereocenters. The molecule has 348 valence electrons. The van der Waals surface area contributed by atoms with Gasteiger partial charge in [0, 0.05) is 50.3 Å². The Hall–Kier alpha value is -2.61. The van der Waals surface area contributed by atoms with Gasteiger partial charge in [-0.1, -0.05) is 51.1 Å². The molecular formula is C45H74N2O14. The van der Waals surface area contributed by atoms with Crippen molar-refractivity contribution in [2.24, 2.45) is 23.7 Å². The van der Waals surface area contributed by atoms with Crippen LogP contribution in [0.3, 0.4) is 0 Å². The van der Waals surface area contributed by atoms with Crippen LogP contribution in [0.25, 0.3) is 0 Å². The summed E-state index contributed by atoms with van der Waals surface area (Å²) in [5, 5.41) is 61.7. The lowest BCUT2D eigenvalue weighted by atomic mass is 9.74. The third kappa shape index (κ3) is 12.1. The molecule has 0 bridgehead atoms. The highest BCUT2D eigenvalue weighted by Gasteiger charge is 2.53. The topological polar surface area (TPSA) is 223 Å². The Morgan fingerprint density at radius 1 is 0.902 bits per heavy atom. The van der Waals surface area contributed by atoms with Gasteiger partial charge in [0.25, 0.3) is 0 Å². The van der Waals surface area contributed by atoms with E-state index in [1.807, 2.05) is 56.3 Å². The van der Waals surface area contributed by atoms with Gasteiger partial charge in [0.2, 0.25) is 5.91 Å². The van der Waals surface area contributed by atoms with E-state index in [1.54, 1.807) is 34.6 Å². The highest BCUT2D eigenvalue weighted by Crippen LogP contribution is 2.41. The van der Waals surface area contributed by atoms with E-state index in [0.29, 0.717) is 6.42 Å². The molecule has 61 heavy (non-hydrogen) atoms. The first-order valence-corrected chi connectivity index (χ1v) is 21.7. The Morgan fingerprint density at radius 3 is 2.15 bits per heavy atom. The zero-order chi connectivity index (χ0) is 45.8. The summed E-state index contributed by atoms with van der Waals surface area (Å²) in [6.07, 6.45) is -10.8. The summed E-state index contributed by atoms with van der Waals surface area (Å²) in [4.78, 5) is 43.5. The van der Waals surface area contributed by atoms with Gasteiger partial charge in [-0.25, -0.2) is 0 Å². The first-order chi connectivity index (χ1) is 28.3. The summed E-state index contributed by atoms with van der Waals surface area (Å²) in [6, 6.07) is 8.76. The van der Waals surface area contributed by atoms with E-state index in [0.717, 1.165) is 5.56 Å². The molecule has 3 aliphatic rings. The van der Waals surface area contributed by atoms with Crippen molar-refractivity contribution >= 4 is 17.7 Å². The standard InChI is InChI=1S/C45H74N2O14/c1-24-22-43(7,54)40(61-42-36(50)31(47(10)11)20-25(2)57-42)27(4)37(60-34-23-44(8,56-12)39(52)29(6)58-34)28(5)41(53)59-32(45(9,55)38(51)26(3)35(24)49)18-19-46-33(48)21-30-16-14-13-15-17-30/h13-17,24-29,31-32,34,36-40,42,50-52,54-55H,18-23H2,1-12H3,(H,46,48)/t24-,25-,26+,27+,28-,29+,31+,32-,34+,36-,37+,38-,39+,40-,42+,43-,44-,45-/m1/s1. The number of carbonyl (C=O) groups is 3. The van der Waals surface area contributed by atoms with Gasteiger partial charge in [-0.05, 0) is 74.0 Å². The van der Waals surface area contributed by atoms with Crippen molar-refractivity contribution < 1.29 is 68.3 Å². The zero-order valence-corrected chi connectivity index (χ0v) is 38.1. The first-order valence-electron chi connectivity index (χ1n) is 21.7. The number of nitrogens with zero attached hydrogens (tertiary/aromatic N) is 1. The number of carbonyl (C=O) groups excluding carboxylic acids is 3. The Kier molecular flexibility index (Phi) is 17.5. The van der Waals surface area contributed by atoms with Crippen LogP contribution in [-0.2, 0) is 49.2 Å². The third-order valence-electron chi connectivity index (χ3n) is 13.4. The maximum atomic E-state index is 14.6. The maximum Gasteiger partial charge on any atom is 0.311 e. The molecule has 0 spiro atoms. The fourth-order valence-electron chi connectivity index (χ4n) is 9.45. The van der Waals surface area contributed by atoms with Crippen molar-refractivity contribution in [1.29, 1.82) is 0 Å². The van der Waals surface area contributed by atoms with Gasteiger partial charge in [-0.3, -0.25) is 14.4 Å². The van der Waals surface area contributed by atoms with E-state index >= 15 is 0 Å². The fraction of sp³-hybridized carbons (Fsp3) is 0.800. The summed E-state index contributed by atoms with van der Waals surface area (Å²) in [7, 11) is 5.14. The molecule has 1 aromatic carbocycles. The molecule has 0 saturated carbocycles. The SMILES string of the molecule is CO[C@]1(C)C[C@H](O[C@H]2[C@H](C)[C@@H](O[C@@H]3O[C@H](C)C[C@H](N(C)C)[C@H]3O)[C@](C)(O)C[C@@H](C)C(=O)[C@H](C)[C@@H](O)[C@](C)(O)[C@@H](CCNC(=O)Cc3ccccc3)OC(=O)[C@@H]2C)O[C@@H](C)[C@@H]1O. The van der Waals surface area contributed by atoms with Crippen LogP contribution in [-0.4, -0.2) is 160 Å². The van der Waals surface area contributed by atoms with Crippen molar-refractivity contribution in [3.8, 4) is 0 Å². The molecule has 3 heterocycles. The Bertz CT molecular complexity index is 1600. The first kappa shape index (κ1) is 51.0. The van der Waals surface area contributed by atoms with Crippen molar-refractivity contribution in [2.45, 2.75) is 179 Å². The molecule has 0 aromatic heterocycles. The number of esters is 1. The maximum absolute atomic E-state index is 14.6. The highest BCUT2D eigenvalue weighted by atomic mass is 16.7. The van der Waals surface area contributed by atoms with E-state index in [1.165, 1.54) is 27.9 Å². The predicted octanol–water partition coefficient (Wildman–Crippen LogP) is 2.12. The molecule has 16 nitrogen and oxygen atoms in total. The average Bonchev–Trinajstić information content (AvgIpc) is 3.19. The lowest BCUT2D eigenvalue weighted by molar-refractivity contribution is -0.318. The number of Topliss-reactive ketones (excluding diaryl/α,β-unsaturated/α-hetero) is 1. The largest absolute Gasteiger partial charge is 0.459 e. The summed E-state index contributed by atoms with van der Waals surface area (Å²) < 4.78 is 37.5. The normalized spacial score (nSPS) is 43.3. The minimum atomic E-state index is -2.19. The van der Waals surface area contributed by atoms with Crippen molar-refractivity contribution in [1.82, 2.24) is 10.2 Å². The third-order valence-corrected chi connectivity index (χ3v) is 13.4. The van der Waals surface area contributed by atoms with E-state index < -0.39 is 108 Å². The van der Waals surface area contributed by atoms with E-state index in [2.05, 4.69) is 5.32 Å². The zero-order valence-electron chi connectivity index (χ0n) is 38.1. The van der Waals surface area contributed by atoms with Gasteiger partial charge in [-0.2, -0.15) is 0 Å². The second kappa shape index (κ2) is 20.9. The van der Waals surface area contributed by atoms with Crippen LogP contribution in [0, 0.1) is 23.7 Å². The highest BCUT2D eigenvalue weighted by molar-refractivity contribution is 5.83. The second-order valence-electron chi connectivity index (χ2n) is 18.9. The van der Waals surface area contributed by atoms with Gasteiger partial charge >= 0.3 is 5.97 Å². The minimum Gasteiger partial charge on any atom is -0.459 e. The van der Waals surface area contributed by atoms with Crippen LogP contribution >= 0.6 is 0 Å². The second-order valence-corrected chi connectivity index (χ2v) is 18.9. The minimum absolute atomic E-state index is 0.0451. The number of amides is 1. The number of aliphatic hydroxyl groups excluding tert-OH is 3. The lowest BCUT2D eigenvalue weighted by Crippen LogP contribution is -2.61. The van der Waals surface area contributed by atoms with E-state index in [4.69, 9.17) is 28.4 Å². The number of ketones is 1. The quantitative estimate of drug-likeness (QED) is 0.176. The Labute approximate surface area is 361 Å². The molecule has 3 saturated heterocycles. The van der Waals surface area contributed by atoms with Crippen molar-refractivity contribution in [3.63, 3.8) is 0 Å². The molecule has 1 aromatic rings. The molecule has 16 heteroatoms. The number of nitrogens with one attached hydrogen (secondary N) is 1. The molecule has 1 amide bonds. The molecule has 0 radical (unpaired) electrons. The summed E-state index contributed by atoms with van der Waals surface area (Å²) in [5.41, 5.74) is -4.36. The molecule has 6 N–H and O–H groups in total. The summed E-state index contributed by atoms with van der Waals surface area (Å²) in [5.74, 6) is -5.83. The number of ether oxygens (including phenoxy) is 6. The van der Waals surface area contributed by atoms with Crippen LogP contribution in [0.15, 0.2) is 30.3 Å². The fourth-order valence-corrected chi connectivity index (χ4v) is 9.45. The number of methoxy groups -OCH3 is 1. The molecular weight excluding hydrogens is 792 g/mol. The van der Waals surface area contributed by atoms with Crippen molar-refractivity contribution in [3.05, 3.63) is 35.9 Å². The summed E-state index contributed by atoms with van der Waals surface area (Å²) >= 11 is 0. The number of rotatable bonds is 11. The van der Waals surface area contributed by atoms with Gasteiger partial charge in [0.15, 0.2) is 12.6 Å². The summed E-state index contributed by atoms with van der Waals surface area (Å²) in [6.45, 7) is 14.3. The molecule has 4 rings (SSSR count). The molecule has 0 unspecified atom stereocenters. The number of cyclic esters (lactones) is 1. The van der Waals surface area contributed by atoms with Crippen LogP contribution in [0.1, 0.15) is 93.6 Å². The smallest absolute Gasteiger partial charge is 0.311 e. The molecule has 3 aliphatic heterocycles. The Morgan fingerprint density at radius 2 is 1.54 bits per heavy atom. The molecule has 3 fully saturated rings. The number of benzene rings is 1. The van der Waals surface area contributed by atoms with Gasteiger partial charge in [0.05, 0.1) is 54.1 Å². The van der Waals surface area contributed by atoms with Crippen LogP contribution in [0.5, 0.6) is 0 Å². The number of hydrogen-bond donors (Lipinski definition) is 6. The van der Waals surface area contributed by atoms with Gasteiger partial charge in [-0.15, -0.1) is 0 Å². The predicted molar refractivity (Wildman–Crippen MR) is 224 cm³/mol. The van der Waals surface area contributed by atoms with Gasteiger partial charge < -0.3 is 64.2 Å². The van der Waals surface area contributed by atoms with Crippen LogP contribution < -0.4 is 5.32 Å². The van der Waals surface area contributed by atoms with Crippen LogP contribution in [0.2, 0.25) is 0 Å². The van der Waals surface area contributed by atoms with E-state index in [9.17, 15) is 39.9 Å². The van der Waals surface area contributed by atoms with E-state index in [-0.39, 0.29) is 50.3 Å². The van der Waals surface area contributed by atoms with Crippen LogP contribution in [0.4, 0.5) is 0 Å². The lowest BCUT2D eigenvalue weighted by Gasteiger charge is -2.49. The number of likely N-dealkylation sites (N-methyl/N-ethyl adjacent to an activating group) is 1. The number of hydrogen-bond acceptors (Lipinski definition) is 15.